The van der Waals surface area contributed by atoms with Gasteiger partial charge in [-0.2, -0.15) is 0 Å². The average Bonchev–Trinajstić information content (AvgIpc) is 2.38. The number of rotatable bonds is 14. The Balaban J connectivity index is 0. The first-order valence-corrected chi connectivity index (χ1v) is 12.0. The van der Waals surface area contributed by atoms with Crippen molar-refractivity contribution in [1.29, 1.82) is 0 Å². The van der Waals surface area contributed by atoms with Gasteiger partial charge in [0.25, 0.3) is 0 Å². The molecule has 0 N–H and O–H groups in total. The van der Waals surface area contributed by atoms with Crippen LogP contribution in [-0.4, -0.2) is 12.4 Å². The van der Waals surface area contributed by atoms with Crippen LogP contribution in [0.25, 0.3) is 0 Å². The molecule has 118 valence electrons. The van der Waals surface area contributed by atoms with E-state index in [0.717, 1.165) is 25.0 Å². The van der Waals surface area contributed by atoms with Crippen molar-refractivity contribution in [2.24, 2.45) is 0 Å². The van der Waals surface area contributed by atoms with E-state index in [9.17, 15) is 4.89 Å². The van der Waals surface area contributed by atoms with Gasteiger partial charge in [0.15, 0.2) is 0 Å². The van der Waals surface area contributed by atoms with Gasteiger partial charge >= 0.3 is 0 Å². The summed E-state index contributed by atoms with van der Waals surface area (Å²) < 4.78 is 5.37. The molecule has 1 atom stereocenters. The maximum absolute atomic E-state index is 11.9. The predicted molar refractivity (Wildman–Crippen MR) is 90.2 cm³/mol. The molecule has 0 aromatic heterocycles. The zero-order chi connectivity index (χ0) is 14.4. The van der Waals surface area contributed by atoms with E-state index in [0.29, 0.717) is 6.61 Å². The van der Waals surface area contributed by atoms with Crippen LogP contribution in [0.4, 0.5) is 0 Å². The maximum Gasteiger partial charge on any atom is 0.0513 e. The molecule has 0 aromatic rings. The summed E-state index contributed by atoms with van der Waals surface area (Å²) in [5.74, 6) is 0.875. The molecule has 1 unspecified atom stereocenters. The average molecular weight is 391 g/mol. The van der Waals surface area contributed by atoms with E-state index in [1.54, 1.807) is 0 Å². The van der Waals surface area contributed by atoms with Crippen LogP contribution in [-0.2, 0) is 35.8 Å². The van der Waals surface area contributed by atoms with Crippen molar-refractivity contribution < 1.29 is 28.9 Å². The van der Waals surface area contributed by atoms with E-state index in [4.69, 9.17) is 16.3 Å². The van der Waals surface area contributed by atoms with Crippen LogP contribution >= 0.6 is 17.1 Å². The molecule has 0 fully saturated rings. The third kappa shape index (κ3) is 17.6. The fourth-order valence-corrected chi connectivity index (χ4v) is 5.19. The van der Waals surface area contributed by atoms with Crippen molar-refractivity contribution in [2.45, 2.75) is 78.1 Å². The Morgan fingerprint density at radius 2 is 1.40 bits per heavy atom. The predicted octanol–water partition coefficient (Wildman–Crippen LogP) is 5.26. The first-order valence-electron chi connectivity index (χ1n) is 7.72. The molecule has 0 bridgehead atoms. The first-order chi connectivity index (χ1) is 9.12. The Labute approximate surface area is 147 Å². The Morgan fingerprint density at radius 1 is 0.900 bits per heavy atom. The van der Waals surface area contributed by atoms with Gasteiger partial charge in [-0.15, -0.1) is 11.4 Å². The quantitative estimate of drug-likeness (QED) is 0.230. The standard InChI is InChI=1S/C14H31O2PS2.Zn/c1-3-5-7-9-11-13-16-17(15,18)19-14-12-10-8-6-4-2;/h3-14H2,1-2H3,(H,15,18);/p-1. The molecule has 0 saturated heterocycles. The summed E-state index contributed by atoms with van der Waals surface area (Å²) in [6.45, 7) is 4.97. The van der Waals surface area contributed by atoms with E-state index < -0.39 is 5.69 Å². The van der Waals surface area contributed by atoms with Gasteiger partial charge in [-0.05, 0) is 18.6 Å². The summed E-state index contributed by atoms with van der Waals surface area (Å²) in [6.07, 6.45) is 12.1. The maximum atomic E-state index is 11.9. The molecular weight excluding hydrogens is 361 g/mol. The van der Waals surface area contributed by atoms with Crippen LogP contribution in [0.5, 0.6) is 0 Å². The zero-order valence-corrected chi connectivity index (χ0v) is 18.8. The smallest absolute Gasteiger partial charge is 0.0513 e. The van der Waals surface area contributed by atoms with E-state index >= 15 is 0 Å². The van der Waals surface area contributed by atoms with Crippen molar-refractivity contribution in [3.8, 4) is 0 Å². The fourth-order valence-electron chi connectivity index (χ4n) is 1.80. The Kier molecular flexibility index (Phi) is 20.1. The van der Waals surface area contributed by atoms with E-state index in [2.05, 4.69) is 13.8 Å². The van der Waals surface area contributed by atoms with Crippen molar-refractivity contribution in [3.05, 3.63) is 0 Å². The largest absolute Gasteiger partial charge is 0.793 e. The molecular formula is C14H30O2PS2Zn-. The minimum atomic E-state index is -2.80. The number of hydrogen-bond acceptors (Lipinski definition) is 4. The van der Waals surface area contributed by atoms with Crippen LogP contribution < -0.4 is 4.89 Å². The molecule has 6 heteroatoms. The van der Waals surface area contributed by atoms with Gasteiger partial charge in [-0.25, -0.2) is 0 Å². The Hall–Kier alpha value is 1.54. The molecule has 0 aromatic carbocycles. The van der Waals surface area contributed by atoms with Gasteiger partial charge in [0.05, 0.1) is 6.61 Å². The SMILES string of the molecule is CCCCCCCOP([O-])(=S)SCCCCCCC.[Zn]. The summed E-state index contributed by atoms with van der Waals surface area (Å²) in [5, 5.41) is 0. The van der Waals surface area contributed by atoms with Crippen molar-refractivity contribution in [2.75, 3.05) is 12.4 Å². The van der Waals surface area contributed by atoms with E-state index in [1.807, 2.05) is 0 Å². The van der Waals surface area contributed by atoms with Crippen LogP contribution in [0.15, 0.2) is 0 Å². The van der Waals surface area contributed by atoms with Crippen molar-refractivity contribution >= 4 is 28.9 Å². The summed E-state index contributed by atoms with van der Waals surface area (Å²) in [6, 6.07) is 0. The van der Waals surface area contributed by atoms with E-state index in [1.165, 1.54) is 56.3 Å². The van der Waals surface area contributed by atoms with Gasteiger partial charge in [-0.3, -0.25) is 0 Å². The number of hydrogen-bond donors (Lipinski definition) is 0. The molecule has 2 nitrogen and oxygen atoms in total. The summed E-state index contributed by atoms with van der Waals surface area (Å²) in [4.78, 5) is 11.9. The molecule has 0 amide bonds. The fraction of sp³-hybridized carbons (Fsp3) is 1.00. The second-order valence-electron chi connectivity index (χ2n) is 4.94. The molecule has 0 heterocycles. The molecule has 0 aliphatic rings. The molecule has 0 aliphatic heterocycles. The topological polar surface area (TPSA) is 32.3 Å². The van der Waals surface area contributed by atoms with Crippen LogP contribution in [0.3, 0.4) is 0 Å². The summed E-state index contributed by atoms with van der Waals surface area (Å²) in [7, 11) is 0. The zero-order valence-electron chi connectivity index (χ0n) is 13.3. The van der Waals surface area contributed by atoms with Crippen LogP contribution in [0.2, 0.25) is 0 Å². The summed E-state index contributed by atoms with van der Waals surface area (Å²) in [5.41, 5.74) is -2.80. The molecule has 0 rings (SSSR count). The monoisotopic (exact) mass is 389 g/mol. The molecule has 0 saturated carbocycles. The number of unbranched alkanes of at least 4 members (excludes halogenated alkanes) is 8. The van der Waals surface area contributed by atoms with Crippen molar-refractivity contribution in [3.63, 3.8) is 0 Å². The minimum Gasteiger partial charge on any atom is -0.793 e. The normalized spacial score (nSPS) is 13.8. The van der Waals surface area contributed by atoms with Gasteiger partial charge in [0.2, 0.25) is 0 Å². The second kappa shape index (κ2) is 16.9. The molecule has 0 spiro atoms. The Bertz CT molecular complexity index is 223. The Morgan fingerprint density at radius 3 is 1.95 bits per heavy atom. The van der Waals surface area contributed by atoms with Gasteiger partial charge < -0.3 is 9.42 Å². The van der Waals surface area contributed by atoms with E-state index in [-0.39, 0.29) is 19.5 Å². The molecule has 0 aliphatic carbocycles. The third-order valence-corrected chi connectivity index (χ3v) is 7.36. The molecule has 0 radical (unpaired) electrons. The van der Waals surface area contributed by atoms with Crippen molar-refractivity contribution in [1.82, 2.24) is 0 Å². The molecule has 20 heavy (non-hydrogen) atoms. The summed E-state index contributed by atoms with van der Waals surface area (Å²) >= 11 is 6.39. The van der Waals surface area contributed by atoms with Crippen LogP contribution in [0.1, 0.15) is 78.1 Å². The third-order valence-electron chi connectivity index (χ3n) is 2.99. The second-order valence-corrected chi connectivity index (χ2v) is 11.1. The minimum absolute atomic E-state index is 0. The van der Waals surface area contributed by atoms with Gasteiger partial charge in [0.1, 0.15) is 0 Å². The van der Waals surface area contributed by atoms with Crippen LogP contribution in [0, 0.1) is 0 Å². The van der Waals surface area contributed by atoms with Gasteiger partial charge in [0, 0.05) is 25.2 Å². The van der Waals surface area contributed by atoms with Gasteiger partial charge in [-0.1, -0.05) is 77.0 Å². The first kappa shape index (κ1) is 23.8.